The fraction of sp³-hybridized carbons (Fsp3) is 0.379. The molecule has 38 heavy (non-hydrogen) atoms. The third kappa shape index (κ3) is 6.00. The van der Waals surface area contributed by atoms with Crippen molar-refractivity contribution in [2.45, 2.75) is 31.6 Å². The van der Waals surface area contributed by atoms with Crippen molar-refractivity contribution < 1.29 is 4.79 Å². The van der Waals surface area contributed by atoms with E-state index in [9.17, 15) is 4.79 Å². The number of carbonyl (C=O) groups excluding carboxylic acids is 1. The zero-order valence-corrected chi connectivity index (χ0v) is 23.0. The maximum absolute atomic E-state index is 13.6. The first-order valence-electron chi connectivity index (χ1n) is 13.3. The molecule has 0 radical (unpaired) electrons. The van der Waals surface area contributed by atoms with Crippen molar-refractivity contribution in [3.63, 3.8) is 0 Å². The van der Waals surface area contributed by atoms with Crippen LogP contribution < -0.4 is 15.6 Å². The van der Waals surface area contributed by atoms with Crippen molar-refractivity contribution in [1.29, 1.82) is 0 Å². The van der Waals surface area contributed by atoms with Crippen LogP contribution in [0.5, 0.6) is 0 Å². The molecule has 1 aromatic heterocycles. The van der Waals surface area contributed by atoms with Gasteiger partial charge in [-0.1, -0.05) is 66.7 Å². The van der Waals surface area contributed by atoms with Gasteiger partial charge in [0.1, 0.15) is 16.6 Å². The predicted octanol–water partition coefficient (Wildman–Crippen LogP) is 4.91. The quantitative estimate of drug-likeness (QED) is 0.386. The van der Waals surface area contributed by atoms with E-state index in [2.05, 4.69) is 51.6 Å². The van der Waals surface area contributed by atoms with Crippen LogP contribution in [0.1, 0.15) is 42.2 Å². The van der Waals surface area contributed by atoms with Crippen LogP contribution in [-0.2, 0) is 0 Å². The summed E-state index contributed by atoms with van der Waals surface area (Å²) < 4.78 is 0. The molecule has 2 aliphatic rings. The van der Waals surface area contributed by atoms with Crippen LogP contribution in [-0.4, -0.2) is 64.9 Å². The minimum Gasteiger partial charge on any atom is -0.355 e. The number of nitrogens with one attached hydrogen (secondary N) is 2. The Hall–Kier alpha value is -3.43. The largest absolute Gasteiger partial charge is 0.355 e. The lowest BCUT2D eigenvalue weighted by Gasteiger charge is -2.29. The lowest BCUT2D eigenvalue weighted by atomic mass is 9.85. The van der Waals surface area contributed by atoms with E-state index < -0.39 is 0 Å². The smallest absolute Gasteiger partial charge is 0.274 e. The minimum absolute atomic E-state index is 0.269. The number of hydrogen-bond donors (Lipinski definition) is 2. The molecule has 1 fully saturated rings. The van der Waals surface area contributed by atoms with Gasteiger partial charge in [-0.2, -0.15) is 5.10 Å². The van der Waals surface area contributed by atoms with Crippen molar-refractivity contribution in [2.75, 3.05) is 43.9 Å². The molecule has 2 heterocycles. The molecule has 1 unspecified atom stereocenters. The van der Waals surface area contributed by atoms with Gasteiger partial charge in [-0.3, -0.25) is 10.2 Å². The van der Waals surface area contributed by atoms with Crippen molar-refractivity contribution in [2.24, 2.45) is 11.0 Å². The fourth-order valence-corrected chi connectivity index (χ4v) is 5.73. The second kappa shape index (κ2) is 12.0. The number of nitrogens with zero attached hydrogens (tertiary/aromatic N) is 5. The molecule has 1 amide bonds. The van der Waals surface area contributed by atoms with Gasteiger partial charge in [0.05, 0.1) is 11.1 Å². The molecule has 3 aromatic rings. The van der Waals surface area contributed by atoms with Gasteiger partial charge in [0.25, 0.3) is 5.91 Å². The highest BCUT2D eigenvalue weighted by atomic mass is 32.2. The molecule has 1 saturated carbocycles. The Morgan fingerprint density at radius 3 is 2.53 bits per heavy atom. The lowest BCUT2D eigenvalue weighted by molar-refractivity contribution is 0.102. The number of benzene rings is 2. The average molecular weight is 530 g/mol. The topological polar surface area (TPSA) is 85.8 Å². The van der Waals surface area contributed by atoms with Crippen LogP contribution in [0, 0.1) is 5.92 Å². The summed E-state index contributed by atoms with van der Waals surface area (Å²) in [5.41, 5.74) is 6.14. The molecular formula is C29H35N7OS. The van der Waals surface area contributed by atoms with Gasteiger partial charge in [0.2, 0.25) is 0 Å². The second-order valence-corrected chi connectivity index (χ2v) is 11.1. The van der Waals surface area contributed by atoms with E-state index >= 15 is 0 Å². The normalized spacial score (nSPS) is 17.1. The summed E-state index contributed by atoms with van der Waals surface area (Å²) in [6.07, 6.45) is 3.78. The summed E-state index contributed by atoms with van der Waals surface area (Å²) in [4.78, 5) is 27.5. The summed E-state index contributed by atoms with van der Waals surface area (Å²) in [5, 5.41) is 8.94. The zero-order valence-electron chi connectivity index (χ0n) is 22.2. The zero-order chi connectivity index (χ0) is 26.5. The highest BCUT2D eigenvalue weighted by Crippen LogP contribution is 2.39. The average Bonchev–Trinajstić information content (AvgIpc) is 3.37. The lowest BCUT2D eigenvalue weighted by Crippen LogP contribution is -2.32. The summed E-state index contributed by atoms with van der Waals surface area (Å²) in [7, 11) is 4.10. The van der Waals surface area contributed by atoms with Crippen LogP contribution >= 0.6 is 11.8 Å². The third-order valence-electron chi connectivity index (χ3n) is 7.02. The molecule has 1 aliphatic heterocycles. The molecule has 5 rings (SSSR count). The number of hydrazone groups is 1. The number of carbonyl (C=O) groups is 1. The number of aromatic nitrogens is 2. The van der Waals surface area contributed by atoms with Gasteiger partial charge in [-0.25, -0.2) is 9.97 Å². The van der Waals surface area contributed by atoms with E-state index in [0.717, 1.165) is 47.3 Å². The van der Waals surface area contributed by atoms with E-state index in [1.54, 1.807) is 17.8 Å². The van der Waals surface area contributed by atoms with E-state index in [0.29, 0.717) is 22.8 Å². The van der Waals surface area contributed by atoms with Crippen molar-refractivity contribution in [3.8, 4) is 11.4 Å². The van der Waals surface area contributed by atoms with E-state index in [1.165, 1.54) is 19.3 Å². The van der Waals surface area contributed by atoms with Crippen LogP contribution in [0.3, 0.4) is 0 Å². The van der Waals surface area contributed by atoms with Gasteiger partial charge < -0.3 is 15.1 Å². The van der Waals surface area contributed by atoms with Gasteiger partial charge in [0, 0.05) is 36.8 Å². The summed E-state index contributed by atoms with van der Waals surface area (Å²) >= 11 is 1.75. The molecule has 1 aliphatic carbocycles. The first-order chi connectivity index (χ1) is 18.5. The van der Waals surface area contributed by atoms with Crippen LogP contribution in [0.25, 0.3) is 11.4 Å². The molecule has 0 saturated heterocycles. The fourth-order valence-electron chi connectivity index (χ4n) is 4.51. The number of para-hydroxylation sites is 1. The van der Waals surface area contributed by atoms with Gasteiger partial charge in [-0.05, 0) is 45.8 Å². The molecule has 1 atom stereocenters. The summed E-state index contributed by atoms with van der Waals surface area (Å²) in [6.45, 7) is 4.55. The highest BCUT2D eigenvalue weighted by Gasteiger charge is 2.33. The molecule has 2 N–H and O–H groups in total. The van der Waals surface area contributed by atoms with Gasteiger partial charge in [0.15, 0.2) is 5.82 Å². The highest BCUT2D eigenvalue weighted by molar-refractivity contribution is 8.15. The van der Waals surface area contributed by atoms with Crippen molar-refractivity contribution in [3.05, 3.63) is 71.9 Å². The molecule has 9 heteroatoms. The van der Waals surface area contributed by atoms with Crippen LogP contribution in [0.2, 0.25) is 0 Å². The third-order valence-corrected chi connectivity index (χ3v) is 8.29. The number of hydrogen-bond acceptors (Lipinski definition) is 8. The number of thioether (sulfide) groups is 1. The van der Waals surface area contributed by atoms with Crippen molar-refractivity contribution in [1.82, 2.24) is 20.3 Å². The molecule has 2 aromatic carbocycles. The first-order valence-corrected chi connectivity index (χ1v) is 14.1. The van der Waals surface area contributed by atoms with Gasteiger partial charge in [-0.15, -0.1) is 0 Å². The van der Waals surface area contributed by atoms with E-state index in [-0.39, 0.29) is 5.91 Å². The Morgan fingerprint density at radius 1 is 1.05 bits per heavy atom. The number of rotatable bonds is 10. The van der Waals surface area contributed by atoms with Crippen LogP contribution in [0.15, 0.2) is 65.8 Å². The minimum atomic E-state index is -0.269. The Kier molecular flexibility index (Phi) is 8.24. The maximum atomic E-state index is 13.6. The SMILES string of the molecule is CCN(CCN(C)C)c1cc(C(=O)Nc2ccccc2C2=NNC(C3CCC3)S2)nc(-c2ccccc2)n1. The number of amides is 1. The Balaban J connectivity index is 1.42. The molecule has 8 nitrogen and oxygen atoms in total. The second-order valence-electron chi connectivity index (χ2n) is 9.96. The van der Waals surface area contributed by atoms with Crippen molar-refractivity contribution >= 4 is 34.2 Å². The van der Waals surface area contributed by atoms with Crippen LogP contribution in [0.4, 0.5) is 11.5 Å². The molecule has 198 valence electrons. The molecule has 0 spiro atoms. The monoisotopic (exact) mass is 529 g/mol. The standard InChI is InChI=1S/C29H35N7OS/c1-4-36(18-17-35(2)3)25-19-24(30-26(32-25)20-11-6-5-7-12-20)27(37)31-23-16-9-8-15-22(23)29-34-33-28(38-29)21-13-10-14-21/h5-9,11-12,15-16,19,21,28,33H,4,10,13-14,17-18H2,1-3H3,(H,31,37). The number of likely N-dealkylation sites (N-methyl/N-ethyl adjacent to an activating group) is 2. The Morgan fingerprint density at radius 2 is 1.82 bits per heavy atom. The van der Waals surface area contributed by atoms with E-state index in [1.807, 2.05) is 54.6 Å². The maximum Gasteiger partial charge on any atom is 0.274 e. The molecular weight excluding hydrogens is 494 g/mol. The Labute approximate surface area is 228 Å². The van der Waals surface area contributed by atoms with E-state index in [4.69, 9.17) is 4.98 Å². The predicted molar refractivity (Wildman–Crippen MR) is 157 cm³/mol. The van der Waals surface area contributed by atoms with Gasteiger partial charge >= 0.3 is 0 Å². The number of anilines is 2. The summed E-state index contributed by atoms with van der Waals surface area (Å²) in [6, 6.07) is 19.4. The molecule has 0 bridgehead atoms. The Bertz CT molecular complexity index is 1290. The first kappa shape index (κ1) is 26.2. The summed E-state index contributed by atoms with van der Waals surface area (Å²) in [5.74, 6) is 1.67.